The lowest BCUT2D eigenvalue weighted by molar-refractivity contribution is -0.146. The number of fused-ring (bicyclic) bond motifs is 6. The highest BCUT2D eigenvalue weighted by Gasteiger charge is 2.55. The Bertz CT molecular complexity index is 983. The van der Waals surface area contributed by atoms with E-state index in [0.29, 0.717) is 23.7 Å². The molecule has 0 radical (unpaired) electrons. The summed E-state index contributed by atoms with van der Waals surface area (Å²) in [6, 6.07) is 5.68. The van der Waals surface area contributed by atoms with Gasteiger partial charge in [0.25, 0.3) is 5.56 Å². The van der Waals surface area contributed by atoms with Crippen LogP contribution in [0.25, 0.3) is 0 Å². The lowest BCUT2D eigenvalue weighted by Gasteiger charge is -2.50. The molecular weight excluding hydrogens is 388 g/mol. The third kappa shape index (κ3) is 3.14. The Morgan fingerprint density at radius 1 is 1.19 bits per heavy atom. The first kappa shape index (κ1) is 19.8. The lowest BCUT2D eigenvalue weighted by Crippen LogP contribution is -2.50. The summed E-state index contributed by atoms with van der Waals surface area (Å²) in [5, 5.41) is 0. The summed E-state index contributed by atoms with van der Waals surface area (Å²) in [6.07, 6.45) is 6.92. The maximum Gasteiger partial charge on any atom is 0.310 e. The van der Waals surface area contributed by atoms with Gasteiger partial charge in [-0.3, -0.25) is 9.59 Å². The number of carbonyl (C=O) groups is 1. The first-order valence-corrected chi connectivity index (χ1v) is 12.2. The second-order valence-electron chi connectivity index (χ2n) is 11.3. The highest BCUT2D eigenvalue weighted by atomic mass is 16.6. The smallest absolute Gasteiger partial charge is 0.310 e. The number of aromatic nitrogens is 1. The molecule has 5 aliphatic rings. The van der Waals surface area contributed by atoms with E-state index in [1.54, 1.807) is 6.07 Å². The molecule has 0 aromatic carbocycles. The maximum absolute atomic E-state index is 13.0. The summed E-state index contributed by atoms with van der Waals surface area (Å²) in [7, 11) is 0. The number of hydrogen-bond acceptors (Lipinski definition) is 4. The summed E-state index contributed by atoms with van der Waals surface area (Å²) < 4.78 is 7.97. The van der Waals surface area contributed by atoms with Gasteiger partial charge in [-0.25, -0.2) is 0 Å². The van der Waals surface area contributed by atoms with Crippen LogP contribution in [-0.2, 0) is 16.1 Å². The Morgan fingerprint density at radius 2 is 2.06 bits per heavy atom. The molecular formula is C26H34N2O3. The molecule has 1 aromatic heterocycles. The molecule has 4 heterocycles. The second kappa shape index (κ2) is 7.06. The van der Waals surface area contributed by atoms with Gasteiger partial charge in [0, 0.05) is 49.8 Å². The Balaban J connectivity index is 1.20. The van der Waals surface area contributed by atoms with Crippen molar-refractivity contribution in [3.8, 4) is 0 Å². The lowest BCUT2D eigenvalue weighted by atomic mass is 9.55. The van der Waals surface area contributed by atoms with Crippen LogP contribution in [0.2, 0.25) is 0 Å². The van der Waals surface area contributed by atoms with Crippen LogP contribution in [0.4, 0.5) is 0 Å². The number of piperidine rings is 1. The average molecular weight is 423 g/mol. The number of carbonyl (C=O) groups excluding carboxylic acids is 1. The summed E-state index contributed by atoms with van der Waals surface area (Å²) in [6.45, 7) is 10.3. The summed E-state index contributed by atoms with van der Waals surface area (Å²) in [4.78, 5) is 27.8. The number of hydrogen-bond donors (Lipinski definition) is 0. The van der Waals surface area contributed by atoms with Crippen LogP contribution in [-0.4, -0.2) is 41.2 Å². The highest BCUT2D eigenvalue weighted by Crippen LogP contribution is 2.57. The second-order valence-corrected chi connectivity index (χ2v) is 11.3. The third-order valence-electron chi connectivity index (χ3n) is 9.33. The van der Waals surface area contributed by atoms with E-state index in [0.717, 1.165) is 51.9 Å². The number of likely N-dealkylation sites (tertiary alicyclic amines) is 1. The zero-order valence-corrected chi connectivity index (χ0v) is 18.6. The molecule has 5 nitrogen and oxygen atoms in total. The molecule has 0 spiro atoms. The molecule has 2 saturated carbocycles. The standard InChI is InChI=1S/C26H34N2O3/c1-16-5-4-8-26(2)11-23-19(10-21(16)26)20(25(30)31-23)15-27-12-17-9-18(14-27)22-6-3-7-24(29)28(22)13-17/h3,6-7,17-21,23H,1,4-5,8-15H2,2H3/t17-,18+,19+,20+,21+,23+,26+/m0/s1. The van der Waals surface area contributed by atoms with Crippen molar-refractivity contribution >= 4 is 5.97 Å². The maximum atomic E-state index is 13.0. The van der Waals surface area contributed by atoms with Crippen LogP contribution in [0.5, 0.6) is 0 Å². The summed E-state index contributed by atoms with van der Waals surface area (Å²) in [5.41, 5.74) is 2.96. The predicted octanol–water partition coefficient (Wildman–Crippen LogP) is 3.58. The quantitative estimate of drug-likeness (QED) is 0.540. The van der Waals surface area contributed by atoms with Gasteiger partial charge in [-0.05, 0) is 61.8 Å². The molecule has 0 unspecified atom stereocenters. The van der Waals surface area contributed by atoms with E-state index in [9.17, 15) is 9.59 Å². The largest absolute Gasteiger partial charge is 0.462 e. The van der Waals surface area contributed by atoms with E-state index < -0.39 is 0 Å². The monoisotopic (exact) mass is 422 g/mol. The number of ether oxygens (including phenoxy) is 1. The van der Waals surface area contributed by atoms with Gasteiger partial charge in [-0.1, -0.05) is 25.1 Å². The minimum absolute atomic E-state index is 0.0129. The van der Waals surface area contributed by atoms with Crippen LogP contribution >= 0.6 is 0 Å². The van der Waals surface area contributed by atoms with Crippen molar-refractivity contribution in [3.63, 3.8) is 0 Å². The normalized spacial score (nSPS) is 41.8. The molecule has 2 aliphatic carbocycles. The fraction of sp³-hybridized carbons (Fsp3) is 0.692. The van der Waals surface area contributed by atoms with E-state index in [2.05, 4.69) is 24.5 Å². The van der Waals surface area contributed by atoms with E-state index in [1.807, 2.05) is 10.6 Å². The Morgan fingerprint density at radius 3 is 2.94 bits per heavy atom. The Hall–Kier alpha value is -1.88. The molecule has 7 atom stereocenters. The van der Waals surface area contributed by atoms with Crippen LogP contribution in [0.15, 0.2) is 35.1 Å². The summed E-state index contributed by atoms with van der Waals surface area (Å²) >= 11 is 0. The molecule has 0 N–H and O–H groups in total. The molecule has 5 heteroatoms. The van der Waals surface area contributed by atoms with Gasteiger partial charge < -0.3 is 14.2 Å². The van der Waals surface area contributed by atoms with E-state index in [1.165, 1.54) is 24.1 Å². The SMILES string of the molecule is C=C1CCC[C@]2(C)C[C@H]3OC(=O)[C@H](CN4C[C@@H]5C[C@H](C4)c4cccc(=O)n4C5)[C@H]3C[C@H]12. The van der Waals surface area contributed by atoms with Gasteiger partial charge in [0.05, 0.1) is 5.92 Å². The van der Waals surface area contributed by atoms with Crippen molar-refractivity contribution in [1.29, 1.82) is 0 Å². The van der Waals surface area contributed by atoms with Crippen LogP contribution in [0, 0.1) is 29.1 Å². The zero-order chi connectivity index (χ0) is 21.3. The number of pyridine rings is 1. The topological polar surface area (TPSA) is 51.5 Å². The van der Waals surface area contributed by atoms with Gasteiger partial charge in [-0.2, -0.15) is 0 Å². The number of nitrogens with zero attached hydrogens (tertiary/aromatic N) is 2. The van der Waals surface area contributed by atoms with Gasteiger partial charge in [-0.15, -0.1) is 0 Å². The molecule has 4 fully saturated rings. The fourth-order valence-corrected chi connectivity index (χ4v) is 7.89. The number of allylic oxidation sites excluding steroid dienone is 1. The fourth-order valence-electron chi connectivity index (χ4n) is 7.89. The first-order chi connectivity index (χ1) is 14.9. The van der Waals surface area contributed by atoms with Crippen molar-refractivity contribution in [2.75, 3.05) is 19.6 Å². The Labute approximate surface area is 184 Å². The van der Waals surface area contributed by atoms with Crippen molar-refractivity contribution in [2.45, 2.75) is 64.0 Å². The molecule has 1 aromatic rings. The zero-order valence-electron chi connectivity index (χ0n) is 18.6. The molecule has 2 bridgehead atoms. The van der Waals surface area contributed by atoms with Gasteiger partial charge in [0.15, 0.2) is 0 Å². The van der Waals surface area contributed by atoms with Crippen molar-refractivity contribution in [2.24, 2.45) is 29.1 Å². The number of esters is 1. The van der Waals surface area contributed by atoms with E-state index >= 15 is 0 Å². The molecule has 6 rings (SSSR count). The van der Waals surface area contributed by atoms with Crippen LogP contribution < -0.4 is 5.56 Å². The van der Waals surface area contributed by atoms with Crippen LogP contribution in [0.3, 0.4) is 0 Å². The van der Waals surface area contributed by atoms with Gasteiger partial charge in [0.2, 0.25) is 0 Å². The minimum Gasteiger partial charge on any atom is -0.462 e. The Kier molecular flexibility index (Phi) is 4.51. The van der Waals surface area contributed by atoms with Gasteiger partial charge >= 0.3 is 5.97 Å². The van der Waals surface area contributed by atoms with Crippen LogP contribution in [0.1, 0.15) is 57.1 Å². The van der Waals surface area contributed by atoms with E-state index in [-0.39, 0.29) is 29.0 Å². The molecule has 166 valence electrons. The van der Waals surface area contributed by atoms with Gasteiger partial charge in [0.1, 0.15) is 6.10 Å². The molecule has 3 aliphatic heterocycles. The summed E-state index contributed by atoms with van der Waals surface area (Å²) in [5.74, 6) is 1.77. The van der Waals surface area contributed by atoms with Crippen molar-refractivity contribution < 1.29 is 9.53 Å². The average Bonchev–Trinajstić information content (AvgIpc) is 3.01. The first-order valence-electron chi connectivity index (χ1n) is 12.2. The number of rotatable bonds is 2. The molecule has 0 amide bonds. The predicted molar refractivity (Wildman–Crippen MR) is 119 cm³/mol. The molecule has 31 heavy (non-hydrogen) atoms. The van der Waals surface area contributed by atoms with Crippen molar-refractivity contribution in [1.82, 2.24) is 9.47 Å². The molecule has 2 saturated heterocycles. The highest BCUT2D eigenvalue weighted by molar-refractivity contribution is 5.75. The van der Waals surface area contributed by atoms with E-state index in [4.69, 9.17) is 4.74 Å². The minimum atomic E-state index is -0.0129. The van der Waals surface area contributed by atoms with Crippen molar-refractivity contribution in [3.05, 3.63) is 46.4 Å². The third-order valence-corrected chi connectivity index (χ3v) is 9.33.